The number of hydrogen-bond acceptors (Lipinski definition) is 3. The molecule has 3 rings (SSSR count). The Morgan fingerprint density at radius 3 is 2.54 bits per heavy atom. The Kier molecular flexibility index (Phi) is 4.62. The number of anilines is 1. The summed E-state index contributed by atoms with van der Waals surface area (Å²) in [7, 11) is 0. The van der Waals surface area contributed by atoms with Crippen LogP contribution in [-0.4, -0.2) is 17.6 Å². The van der Waals surface area contributed by atoms with Gasteiger partial charge in [-0.2, -0.15) is 0 Å². The molecule has 0 unspecified atom stereocenters. The van der Waals surface area contributed by atoms with Crippen LogP contribution >= 0.6 is 12.2 Å². The fourth-order valence-corrected chi connectivity index (χ4v) is 2.85. The standard InChI is InChI=1S/C19H18N2O2S/c1-3-23-15-10-8-14(9-11-15)12-16-18(22)21(19(24)20-16)17-7-5-4-6-13(17)2/h4-12H,3H2,1-2H3,(H,20,24)/b16-12-. The summed E-state index contributed by atoms with van der Waals surface area (Å²) >= 11 is 5.34. The Morgan fingerprint density at radius 1 is 1.17 bits per heavy atom. The Labute approximate surface area is 146 Å². The Morgan fingerprint density at radius 2 is 1.88 bits per heavy atom. The zero-order valence-corrected chi connectivity index (χ0v) is 14.4. The Bertz CT molecular complexity index is 812. The van der Waals surface area contributed by atoms with Gasteiger partial charge in [0.1, 0.15) is 11.4 Å². The SMILES string of the molecule is CCOc1ccc(/C=C2\NC(=S)N(c3ccccc3C)C2=O)cc1. The van der Waals surface area contributed by atoms with E-state index in [-0.39, 0.29) is 5.91 Å². The van der Waals surface area contributed by atoms with Crippen molar-refractivity contribution in [3.63, 3.8) is 0 Å². The van der Waals surface area contributed by atoms with E-state index in [0.717, 1.165) is 22.6 Å². The van der Waals surface area contributed by atoms with Crippen LogP contribution in [0.25, 0.3) is 6.08 Å². The van der Waals surface area contributed by atoms with Gasteiger partial charge in [0, 0.05) is 0 Å². The largest absolute Gasteiger partial charge is 0.494 e. The van der Waals surface area contributed by atoms with E-state index < -0.39 is 0 Å². The summed E-state index contributed by atoms with van der Waals surface area (Å²) in [5.74, 6) is 0.658. The molecule has 1 heterocycles. The molecule has 1 aliphatic heterocycles. The number of nitrogens with one attached hydrogen (secondary N) is 1. The first-order valence-corrected chi connectivity index (χ1v) is 8.16. The van der Waals surface area contributed by atoms with Crippen molar-refractivity contribution in [1.29, 1.82) is 0 Å². The van der Waals surface area contributed by atoms with Gasteiger partial charge in [-0.3, -0.25) is 9.69 Å². The average molecular weight is 338 g/mol. The van der Waals surface area contributed by atoms with Crippen molar-refractivity contribution in [1.82, 2.24) is 5.32 Å². The third-order valence-corrected chi connectivity index (χ3v) is 4.02. The molecule has 0 saturated carbocycles. The van der Waals surface area contributed by atoms with E-state index in [0.29, 0.717) is 17.4 Å². The molecule has 0 atom stereocenters. The second-order valence-corrected chi connectivity index (χ2v) is 5.80. The fraction of sp³-hybridized carbons (Fsp3) is 0.158. The van der Waals surface area contributed by atoms with Gasteiger partial charge in [0.15, 0.2) is 5.11 Å². The highest BCUT2D eigenvalue weighted by molar-refractivity contribution is 7.80. The molecule has 5 heteroatoms. The highest BCUT2D eigenvalue weighted by Crippen LogP contribution is 2.25. The monoisotopic (exact) mass is 338 g/mol. The number of carbonyl (C=O) groups excluding carboxylic acids is 1. The minimum absolute atomic E-state index is 0.150. The summed E-state index contributed by atoms with van der Waals surface area (Å²) in [6, 6.07) is 15.3. The summed E-state index contributed by atoms with van der Waals surface area (Å²) in [5.41, 5.74) is 3.17. The summed E-state index contributed by atoms with van der Waals surface area (Å²) in [6.07, 6.45) is 1.79. The van der Waals surface area contributed by atoms with Gasteiger partial charge in [-0.25, -0.2) is 0 Å². The molecule has 122 valence electrons. The van der Waals surface area contributed by atoms with E-state index in [4.69, 9.17) is 17.0 Å². The maximum Gasteiger partial charge on any atom is 0.281 e. The molecule has 2 aromatic rings. The van der Waals surface area contributed by atoms with Crippen LogP contribution < -0.4 is 15.0 Å². The number of thiocarbonyl (C=S) groups is 1. The van der Waals surface area contributed by atoms with Gasteiger partial charge >= 0.3 is 0 Å². The van der Waals surface area contributed by atoms with E-state index in [9.17, 15) is 4.79 Å². The number of carbonyl (C=O) groups is 1. The molecule has 1 amide bonds. The van der Waals surface area contributed by atoms with Crippen molar-refractivity contribution in [2.45, 2.75) is 13.8 Å². The number of ether oxygens (including phenoxy) is 1. The Hall–Kier alpha value is -2.66. The first-order valence-electron chi connectivity index (χ1n) is 7.76. The minimum Gasteiger partial charge on any atom is -0.494 e. The Balaban J connectivity index is 1.87. The van der Waals surface area contributed by atoms with Crippen LogP contribution in [0, 0.1) is 6.92 Å². The van der Waals surface area contributed by atoms with Crippen molar-refractivity contribution >= 4 is 35.0 Å². The molecule has 1 aliphatic rings. The number of benzene rings is 2. The van der Waals surface area contributed by atoms with E-state index in [1.165, 1.54) is 4.90 Å². The fourth-order valence-electron chi connectivity index (χ4n) is 2.56. The molecule has 0 spiro atoms. The molecular weight excluding hydrogens is 320 g/mol. The molecule has 1 fully saturated rings. The average Bonchev–Trinajstić information content (AvgIpc) is 2.84. The quantitative estimate of drug-likeness (QED) is 0.682. The second kappa shape index (κ2) is 6.84. The molecule has 0 radical (unpaired) electrons. The first kappa shape index (κ1) is 16.2. The molecule has 0 bridgehead atoms. The van der Waals surface area contributed by atoms with E-state index >= 15 is 0 Å². The maximum atomic E-state index is 12.7. The van der Waals surface area contributed by atoms with Gasteiger partial charge in [-0.1, -0.05) is 30.3 Å². The van der Waals surface area contributed by atoms with Crippen LogP contribution in [-0.2, 0) is 4.79 Å². The van der Waals surface area contributed by atoms with Gasteiger partial charge in [-0.05, 0) is 61.5 Å². The topological polar surface area (TPSA) is 41.6 Å². The van der Waals surface area contributed by atoms with Gasteiger partial charge < -0.3 is 10.1 Å². The van der Waals surface area contributed by atoms with Gasteiger partial charge in [-0.15, -0.1) is 0 Å². The van der Waals surface area contributed by atoms with Crippen LogP contribution in [0.15, 0.2) is 54.2 Å². The zero-order valence-electron chi connectivity index (χ0n) is 13.6. The molecule has 24 heavy (non-hydrogen) atoms. The summed E-state index contributed by atoms with van der Waals surface area (Å²) < 4.78 is 5.42. The number of para-hydroxylation sites is 1. The summed E-state index contributed by atoms with van der Waals surface area (Å²) in [4.78, 5) is 14.3. The second-order valence-electron chi connectivity index (χ2n) is 5.42. The van der Waals surface area contributed by atoms with Gasteiger partial charge in [0.25, 0.3) is 5.91 Å². The predicted octanol–water partition coefficient (Wildman–Crippen LogP) is 3.66. The maximum absolute atomic E-state index is 12.7. The lowest BCUT2D eigenvalue weighted by atomic mass is 10.1. The third kappa shape index (κ3) is 3.16. The lowest BCUT2D eigenvalue weighted by Gasteiger charge is -2.16. The normalized spacial score (nSPS) is 15.8. The zero-order chi connectivity index (χ0) is 17.1. The highest BCUT2D eigenvalue weighted by atomic mass is 32.1. The van der Waals surface area contributed by atoms with Crippen molar-refractivity contribution < 1.29 is 9.53 Å². The smallest absolute Gasteiger partial charge is 0.281 e. The van der Waals surface area contributed by atoms with Crippen molar-refractivity contribution in [3.05, 3.63) is 65.4 Å². The molecule has 2 aromatic carbocycles. The van der Waals surface area contributed by atoms with Crippen LogP contribution in [0.4, 0.5) is 5.69 Å². The third-order valence-electron chi connectivity index (χ3n) is 3.74. The number of amides is 1. The molecule has 0 aliphatic carbocycles. The number of nitrogens with zero attached hydrogens (tertiary/aromatic N) is 1. The molecular formula is C19H18N2O2S. The van der Waals surface area contributed by atoms with Crippen LogP contribution in [0.2, 0.25) is 0 Å². The molecule has 1 saturated heterocycles. The van der Waals surface area contributed by atoms with Crippen LogP contribution in [0.1, 0.15) is 18.1 Å². The van der Waals surface area contributed by atoms with Crippen molar-refractivity contribution in [2.75, 3.05) is 11.5 Å². The first-order chi connectivity index (χ1) is 11.6. The van der Waals surface area contributed by atoms with Gasteiger partial charge in [0.05, 0.1) is 12.3 Å². The molecule has 0 aromatic heterocycles. The minimum atomic E-state index is -0.150. The number of hydrogen-bond donors (Lipinski definition) is 1. The number of aryl methyl sites for hydroxylation is 1. The molecule has 4 nitrogen and oxygen atoms in total. The van der Waals surface area contributed by atoms with E-state index in [1.807, 2.05) is 62.4 Å². The van der Waals surface area contributed by atoms with Crippen molar-refractivity contribution in [2.24, 2.45) is 0 Å². The summed E-state index contributed by atoms with van der Waals surface area (Å²) in [6.45, 7) is 4.53. The van der Waals surface area contributed by atoms with Gasteiger partial charge in [0.2, 0.25) is 0 Å². The van der Waals surface area contributed by atoms with E-state index in [1.54, 1.807) is 6.08 Å². The number of rotatable bonds is 4. The lowest BCUT2D eigenvalue weighted by Crippen LogP contribution is -2.30. The predicted molar refractivity (Wildman–Crippen MR) is 100.0 cm³/mol. The highest BCUT2D eigenvalue weighted by Gasteiger charge is 2.32. The van der Waals surface area contributed by atoms with Crippen LogP contribution in [0.5, 0.6) is 5.75 Å². The molecule has 1 N–H and O–H groups in total. The van der Waals surface area contributed by atoms with Crippen molar-refractivity contribution in [3.8, 4) is 5.75 Å². The van der Waals surface area contributed by atoms with Crippen LogP contribution in [0.3, 0.4) is 0 Å². The lowest BCUT2D eigenvalue weighted by molar-refractivity contribution is -0.113. The summed E-state index contributed by atoms with van der Waals surface area (Å²) in [5, 5.41) is 3.40. The van der Waals surface area contributed by atoms with E-state index in [2.05, 4.69) is 5.32 Å².